The smallest absolute Gasteiger partial charge is 0.320 e. The first-order chi connectivity index (χ1) is 7.98. The lowest BCUT2D eigenvalue weighted by Crippen LogP contribution is -2.39. The summed E-state index contributed by atoms with van der Waals surface area (Å²) in [6.45, 7) is 0. The number of alkyl halides is 3. The molecule has 0 spiro atoms. The van der Waals surface area contributed by atoms with E-state index < -0.39 is 12.2 Å². The number of nitrogens with two attached hydrogens (primary N) is 1. The van der Waals surface area contributed by atoms with Gasteiger partial charge in [-0.15, -0.1) is 0 Å². The van der Waals surface area contributed by atoms with Gasteiger partial charge >= 0.3 is 6.18 Å². The fourth-order valence-electron chi connectivity index (χ4n) is 1.72. The van der Waals surface area contributed by atoms with Crippen molar-refractivity contribution in [2.75, 3.05) is 0 Å². The lowest BCUT2D eigenvalue weighted by Gasteiger charge is -2.16. The highest BCUT2D eigenvalue weighted by Gasteiger charge is 2.36. The van der Waals surface area contributed by atoms with E-state index in [-0.39, 0.29) is 6.42 Å². The van der Waals surface area contributed by atoms with E-state index >= 15 is 0 Å². The van der Waals surface area contributed by atoms with Gasteiger partial charge in [-0.25, -0.2) is 0 Å². The maximum absolute atomic E-state index is 12.4. The standard InChI is InChI=1S/C12H11F3N2/c13-12(14,15)11(16)6-8-2-1-3-9-7-17-5-4-10(8)9/h1-5,7,11H,6,16H2. The number of benzene rings is 1. The molecule has 2 N–H and O–H groups in total. The number of halogens is 3. The summed E-state index contributed by atoms with van der Waals surface area (Å²) >= 11 is 0. The largest absolute Gasteiger partial charge is 0.403 e. The second kappa shape index (κ2) is 4.33. The van der Waals surface area contributed by atoms with Crippen molar-refractivity contribution in [3.8, 4) is 0 Å². The summed E-state index contributed by atoms with van der Waals surface area (Å²) in [5.41, 5.74) is 5.73. The van der Waals surface area contributed by atoms with E-state index in [1.807, 2.05) is 6.07 Å². The number of fused-ring (bicyclic) bond motifs is 1. The van der Waals surface area contributed by atoms with Crippen LogP contribution in [-0.4, -0.2) is 17.2 Å². The average Bonchev–Trinajstić information content (AvgIpc) is 2.28. The number of aromatic nitrogens is 1. The van der Waals surface area contributed by atoms with Crippen LogP contribution in [0.1, 0.15) is 5.56 Å². The Morgan fingerprint density at radius 3 is 2.71 bits per heavy atom. The van der Waals surface area contributed by atoms with Crippen molar-refractivity contribution >= 4 is 10.8 Å². The van der Waals surface area contributed by atoms with Crippen LogP contribution in [0, 0.1) is 0 Å². The van der Waals surface area contributed by atoms with Crippen LogP contribution in [0.15, 0.2) is 36.7 Å². The second-order valence-electron chi connectivity index (χ2n) is 3.87. The summed E-state index contributed by atoms with van der Waals surface area (Å²) in [6.07, 6.45) is -1.40. The molecule has 0 saturated carbocycles. The Bertz CT molecular complexity index is 517. The van der Waals surface area contributed by atoms with Crippen LogP contribution < -0.4 is 5.73 Å². The molecule has 17 heavy (non-hydrogen) atoms. The van der Waals surface area contributed by atoms with Crippen molar-refractivity contribution in [1.82, 2.24) is 4.98 Å². The molecule has 0 aliphatic rings. The topological polar surface area (TPSA) is 38.9 Å². The lowest BCUT2D eigenvalue weighted by atomic mass is 10.0. The predicted octanol–water partition coefficient (Wildman–Crippen LogP) is 2.67. The first-order valence-electron chi connectivity index (χ1n) is 5.12. The molecule has 2 nitrogen and oxygen atoms in total. The molecule has 1 heterocycles. The summed E-state index contributed by atoms with van der Waals surface area (Å²) in [6, 6.07) is 5.05. The SMILES string of the molecule is NC(Cc1cccc2cnccc12)C(F)(F)F. The Morgan fingerprint density at radius 2 is 2.00 bits per heavy atom. The first-order valence-corrected chi connectivity index (χ1v) is 5.12. The molecule has 1 unspecified atom stereocenters. The van der Waals surface area contributed by atoms with Crippen LogP contribution in [-0.2, 0) is 6.42 Å². The van der Waals surface area contributed by atoms with Crippen molar-refractivity contribution < 1.29 is 13.2 Å². The van der Waals surface area contributed by atoms with Gasteiger partial charge in [0.15, 0.2) is 0 Å². The fourth-order valence-corrected chi connectivity index (χ4v) is 1.72. The minimum Gasteiger partial charge on any atom is -0.320 e. The molecule has 2 aromatic rings. The van der Waals surface area contributed by atoms with Gasteiger partial charge in [-0.3, -0.25) is 4.98 Å². The number of hydrogen-bond acceptors (Lipinski definition) is 2. The molecule has 0 saturated heterocycles. The van der Waals surface area contributed by atoms with Gasteiger partial charge in [0.05, 0.1) is 0 Å². The Balaban J connectivity index is 2.36. The molecule has 1 aromatic heterocycles. The van der Waals surface area contributed by atoms with Crippen LogP contribution in [0.5, 0.6) is 0 Å². The van der Waals surface area contributed by atoms with Gasteiger partial charge in [-0.05, 0) is 23.4 Å². The Morgan fingerprint density at radius 1 is 1.24 bits per heavy atom. The minimum atomic E-state index is -4.37. The predicted molar refractivity (Wildman–Crippen MR) is 59.5 cm³/mol. The average molecular weight is 240 g/mol. The summed E-state index contributed by atoms with van der Waals surface area (Å²) in [4.78, 5) is 3.93. The Hall–Kier alpha value is -1.62. The van der Waals surface area contributed by atoms with E-state index in [9.17, 15) is 13.2 Å². The molecule has 0 aliphatic carbocycles. The third-order valence-electron chi connectivity index (χ3n) is 2.63. The Kier molecular flexibility index (Phi) is 3.02. The molecule has 1 atom stereocenters. The normalized spacial score (nSPS) is 13.9. The van der Waals surface area contributed by atoms with Gasteiger partial charge in [-0.1, -0.05) is 18.2 Å². The quantitative estimate of drug-likeness (QED) is 0.876. The van der Waals surface area contributed by atoms with E-state index in [0.29, 0.717) is 5.56 Å². The van der Waals surface area contributed by atoms with Crippen LogP contribution in [0.3, 0.4) is 0 Å². The van der Waals surface area contributed by atoms with Gasteiger partial charge in [-0.2, -0.15) is 13.2 Å². The molecule has 0 bridgehead atoms. The molecule has 2 rings (SSSR count). The van der Waals surface area contributed by atoms with Crippen molar-refractivity contribution in [3.05, 3.63) is 42.2 Å². The van der Waals surface area contributed by atoms with E-state index in [2.05, 4.69) is 4.98 Å². The lowest BCUT2D eigenvalue weighted by molar-refractivity contribution is -0.147. The summed E-state index contributed by atoms with van der Waals surface area (Å²) in [5, 5.41) is 1.58. The van der Waals surface area contributed by atoms with Crippen LogP contribution in [0.4, 0.5) is 13.2 Å². The van der Waals surface area contributed by atoms with Crippen molar-refractivity contribution in [2.24, 2.45) is 5.73 Å². The highest BCUT2D eigenvalue weighted by Crippen LogP contribution is 2.24. The van der Waals surface area contributed by atoms with Crippen molar-refractivity contribution in [3.63, 3.8) is 0 Å². The third-order valence-corrected chi connectivity index (χ3v) is 2.63. The molecule has 1 aromatic carbocycles. The third kappa shape index (κ3) is 2.55. The Labute approximate surface area is 96.3 Å². The van der Waals surface area contributed by atoms with E-state index in [0.717, 1.165) is 10.8 Å². The molecule has 0 fully saturated rings. The molecule has 5 heteroatoms. The van der Waals surface area contributed by atoms with Gasteiger partial charge in [0.25, 0.3) is 0 Å². The van der Waals surface area contributed by atoms with Gasteiger partial charge in [0.1, 0.15) is 6.04 Å². The first kappa shape index (κ1) is 11.9. The second-order valence-corrected chi connectivity index (χ2v) is 3.87. The van der Waals surface area contributed by atoms with Crippen molar-refractivity contribution in [1.29, 1.82) is 0 Å². The summed E-state index contributed by atoms with van der Waals surface area (Å²) in [7, 11) is 0. The molecular formula is C12H11F3N2. The van der Waals surface area contributed by atoms with Crippen LogP contribution >= 0.6 is 0 Å². The minimum absolute atomic E-state index is 0.217. The monoisotopic (exact) mass is 240 g/mol. The molecule has 0 aliphatic heterocycles. The van der Waals surface area contributed by atoms with Gasteiger partial charge in [0.2, 0.25) is 0 Å². The zero-order chi connectivity index (χ0) is 12.5. The number of rotatable bonds is 2. The molecule has 90 valence electrons. The van der Waals surface area contributed by atoms with Gasteiger partial charge in [0, 0.05) is 17.8 Å². The summed E-state index contributed by atoms with van der Waals surface area (Å²) in [5.74, 6) is 0. The van der Waals surface area contributed by atoms with Crippen molar-refractivity contribution in [2.45, 2.75) is 18.6 Å². The van der Waals surface area contributed by atoms with E-state index in [1.54, 1.807) is 30.6 Å². The molecular weight excluding hydrogens is 229 g/mol. The van der Waals surface area contributed by atoms with E-state index in [1.165, 1.54) is 0 Å². The fraction of sp³-hybridized carbons (Fsp3) is 0.250. The van der Waals surface area contributed by atoms with E-state index in [4.69, 9.17) is 5.73 Å². The highest BCUT2D eigenvalue weighted by atomic mass is 19.4. The molecule has 0 radical (unpaired) electrons. The maximum atomic E-state index is 12.4. The number of nitrogens with zero attached hydrogens (tertiary/aromatic N) is 1. The zero-order valence-electron chi connectivity index (χ0n) is 8.91. The van der Waals surface area contributed by atoms with Crippen LogP contribution in [0.25, 0.3) is 10.8 Å². The van der Waals surface area contributed by atoms with Gasteiger partial charge < -0.3 is 5.73 Å². The molecule has 0 amide bonds. The number of pyridine rings is 1. The highest BCUT2D eigenvalue weighted by molar-refractivity contribution is 5.84. The summed E-state index contributed by atoms with van der Waals surface area (Å²) < 4.78 is 37.2. The maximum Gasteiger partial charge on any atom is 0.403 e. The zero-order valence-corrected chi connectivity index (χ0v) is 8.91. The van der Waals surface area contributed by atoms with Crippen LogP contribution in [0.2, 0.25) is 0 Å². The number of hydrogen-bond donors (Lipinski definition) is 1.